The van der Waals surface area contributed by atoms with Crippen LogP contribution in [0.4, 0.5) is 17.1 Å². The second-order valence-electron chi connectivity index (χ2n) is 30.8. The van der Waals surface area contributed by atoms with Crippen LogP contribution in [-0.2, 0) is 21.7 Å². The fourth-order valence-corrected chi connectivity index (χ4v) is 17.1. The molecule has 0 amide bonds. The number of anilines is 3. The monoisotopic (exact) mass is 1340 g/mol. The SMILES string of the molecule is [2H]c1c([2H])c([2H])c2c(c1[2H])c1c([2H])c([2H])c([2H])c([2H])c1n2-c1ccc2c(c1)C1(c3ccccc3Oc3ccccc31)c1cc(-n3c4c([2H])c([2H])c([2H])c([2H])c4c4c([2H])c([2H])c([2H])c([2H])c43)cc3c1B2c1ccc(-n2c4cc(C(C)(C)C)ccc4c4ccc(C(C)(C)C)cc42)cc1N3c1c(-c2ccccc2)cc(C(C)(C)C)cc1-c1ccccc1. The number of fused-ring (bicyclic) bond motifs is 19. The minimum absolute atomic E-state index is 0.0811. The van der Waals surface area contributed by atoms with Gasteiger partial charge in [0.1, 0.15) is 11.5 Å². The summed E-state index contributed by atoms with van der Waals surface area (Å²) < 4.78 is 167. The molecule has 20 rings (SSSR count). The summed E-state index contributed by atoms with van der Waals surface area (Å²) >= 11 is 0. The van der Waals surface area contributed by atoms with Gasteiger partial charge >= 0.3 is 0 Å². The number of nitrogens with zero attached hydrogens (tertiary/aromatic N) is 4. The van der Waals surface area contributed by atoms with E-state index in [1.165, 1.54) is 0 Å². The van der Waals surface area contributed by atoms with Gasteiger partial charge in [-0.15, -0.1) is 0 Å². The molecule has 0 radical (unpaired) electrons. The highest BCUT2D eigenvalue weighted by Crippen LogP contribution is 2.59. The summed E-state index contributed by atoms with van der Waals surface area (Å²) in [6.07, 6.45) is 0. The molecule has 5 nitrogen and oxygen atoms in total. The van der Waals surface area contributed by atoms with Crippen LogP contribution >= 0.6 is 0 Å². The molecule has 103 heavy (non-hydrogen) atoms. The van der Waals surface area contributed by atoms with Crippen molar-refractivity contribution in [2.75, 3.05) is 4.90 Å². The van der Waals surface area contributed by atoms with Crippen LogP contribution in [0.2, 0.25) is 0 Å². The number of benzene rings is 14. The van der Waals surface area contributed by atoms with Gasteiger partial charge in [0, 0.05) is 83.0 Å². The zero-order valence-electron chi connectivity index (χ0n) is 74.4. The van der Waals surface area contributed by atoms with Gasteiger partial charge in [0.15, 0.2) is 0 Å². The Hall–Kier alpha value is -11.9. The van der Waals surface area contributed by atoms with Crippen LogP contribution < -0.4 is 26.0 Å². The van der Waals surface area contributed by atoms with Crippen molar-refractivity contribution in [3.63, 3.8) is 0 Å². The number of para-hydroxylation sites is 6. The molecule has 1 spiro atoms. The summed E-state index contributed by atoms with van der Waals surface area (Å²) in [4.78, 5) is 2.37. The van der Waals surface area contributed by atoms with Crippen LogP contribution in [0.5, 0.6) is 11.5 Å². The van der Waals surface area contributed by atoms with Crippen molar-refractivity contribution in [1.29, 1.82) is 0 Å². The third-order valence-corrected chi connectivity index (χ3v) is 21.9. The molecule has 0 unspecified atom stereocenters. The molecule has 0 saturated heterocycles. The Bertz CT molecular complexity index is 7100. The number of aromatic nitrogens is 3. The minimum Gasteiger partial charge on any atom is -0.457 e. The molecule has 494 valence electrons. The van der Waals surface area contributed by atoms with Gasteiger partial charge in [0.2, 0.25) is 6.71 Å². The highest BCUT2D eigenvalue weighted by Gasteiger charge is 2.55. The van der Waals surface area contributed by atoms with Gasteiger partial charge in [-0.3, -0.25) is 0 Å². The van der Waals surface area contributed by atoms with Gasteiger partial charge in [-0.05, 0) is 163 Å². The fraction of sp³-hybridized carbons (Fsp3) is 0.134. The zero-order valence-corrected chi connectivity index (χ0v) is 58.4. The van der Waals surface area contributed by atoms with E-state index < -0.39 is 114 Å². The molecular formula is C97H77BN4O. The second-order valence-corrected chi connectivity index (χ2v) is 30.8. The third kappa shape index (κ3) is 8.92. The van der Waals surface area contributed by atoms with E-state index in [9.17, 15) is 19.2 Å². The molecule has 17 aromatic rings. The van der Waals surface area contributed by atoms with Crippen molar-refractivity contribution >= 4 is 106 Å². The number of rotatable bonds is 6. The molecule has 6 heterocycles. The maximum atomic E-state index is 10.3. The average molecular weight is 1340 g/mol. The van der Waals surface area contributed by atoms with Crippen LogP contribution in [-0.4, -0.2) is 20.4 Å². The van der Waals surface area contributed by atoms with Crippen molar-refractivity contribution in [3.8, 4) is 50.8 Å². The van der Waals surface area contributed by atoms with Crippen LogP contribution in [0.3, 0.4) is 0 Å². The van der Waals surface area contributed by atoms with Crippen molar-refractivity contribution < 1.29 is 26.7 Å². The Labute approximate surface area is 624 Å². The Balaban J connectivity index is 1.05. The maximum absolute atomic E-state index is 10.3. The molecule has 0 atom stereocenters. The average Bonchev–Trinajstić information content (AvgIpc) is 0.801. The fourth-order valence-electron chi connectivity index (χ4n) is 17.1. The lowest BCUT2D eigenvalue weighted by Crippen LogP contribution is -2.65. The Morgan fingerprint density at radius 1 is 0.330 bits per heavy atom. The Kier molecular flexibility index (Phi) is 9.98. The predicted molar refractivity (Wildman–Crippen MR) is 434 cm³/mol. The van der Waals surface area contributed by atoms with Gasteiger partial charge in [-0.1, -0.05) is 274 Å². The van der Waals surface area contributed by atoms with E-state index in [-0.39, 0.29) is 65.8 Å². The molecule has 0 N–H and O–H groups in total. The summed E-state index contributed by atoms with van der Waals surface area (Å²) in [6.45, 7) is 19.1. The first-order valence-corrected chi connectivity index (χ1v) is 35.2. The number of hydrogen-bond acceptors (Lipinski definition) is 2. The van der Waals surface area contributed by atoms with Gasteiger partial charge in [-0.2, -0.15) is 0 Å². The topological polar surface area (TPSA) is 27.3 Å². The summed E-state index contributed by atoms with van der Waals surface area (Å²) in [5, 5.41) is 1.67. The van der Waals surface area contributed by atoms with Crippen LogP contribution in [0.1, 0.15) is 123 Å². The lowest BCUT2D eigenvalue weighted by atomic mass is 9.29. The van der Waals surface area contributed by atoms with Gasteiger partial charge in [0.05, 0.1) is 66.1 Å². The van der Waals surface area contributed by atoms with E-state index in [4.69, 9.17) is 7.48 Å². The van der Waals surface area contributed by atoms with E-state index in [1.807, 2.05) is 115 Å². The van der Waals surface area contributed by atoms with E-state index in [1.54, 1.807) is 9.13 Å². The third-order valence-electron chi connectivity index (χ3n) is 21.9. The first-order chi connectivity index (χ1) is 56.6. The normalized spacial score (nSPS) is 16.0. The van der Waals surface area contributed by atoms with E-state index in [0.29, 0.717) is 45.1 Å². The summed E-state index contributed by atoms with van der Waals surface area (Å²) in [5.74, 6) is 0.896. The molecule has 3 aliphatic heterocycles. The molecule has 0 bridgehead atoms. The van der Waals surface area contributed by atoms with Gasteiger partial charge < -0.3 is 23.3 Å². The molecule has 3 aliphatic rings. The Morgan fingerprint density at radius 3 is 1.22 bits per heavy atom. The first-order valence-electron chi connectivity index (χ1n) is 43.2. The lowest BCUT2D eigenvalue weighted by molar-refractivity contribution is 0.435. The van der Waals surface area contributed by atoms with E-state index >= 15 is 0 Å². The van der Waals surface area contributed by atoms with Gasteiger partial charge in [0.25, 0.3) is 0 Å². The Morgan fingerprint density at radius 2 is 0.738 bits per heavy atom. The molecule has 0 saturated carbocycles. The molecule has 0 fully saturated rings. The number of hydrogen-bond donors (Lipinski definition) is 0. The minimum atomic E-state index is -1.63. The van der Waals surface area contributed by atoms with Gasteiger partial charge in [-0.25, -0.2) is 0 Å². The molecule has 14 aromatic carbocycles. The van der Waals surface area contributed by atoms with Crippen LogP contribution in [0.15, 0.2) is 303 Å². The molecule has 0 aliphatic carbocycles. The maximum Gasteiger partial charge on any atom is 0.247 e. The summed E-state index contributed by atoms with van der Waals surface area (Å²) in [6, 6.07) is 62.2. The smallest absolute Gasteiger partial charge is 0.247 e. The summed E-state index contributed by atoms with van der Waals surface area (Å²) in [7, 11) is 0. The predicted octanol–water partition coefficient (Wildman–Crippen LogP) is 23.3. The van der Waals surface area contributed by atoms with E-state index in [2.05, 4.69) is 163 Å². The summed E-state index contributed by atoms with van der Waals surface area (Å²) in [5.41, 5.74) is 13.9. The number of ether oxygens (including phenoxy) is 1. The highest BCUT2D eigenvalue weighted by molar-refractivity contribution is 6.99. The van der Waals surface area contributed by atoms with Crippen LogP contribution in [0, 0.1) is 0 Å². The molecular weight excluding hydrogens is 1250 g/mol. The highest BCUT2D eigenvalue weighted by atomic mass is 16.5. The lowest BCUT2D eigenvalue weighted by Gasteiger charge is -2.50. The molecule has 6 heteroatoms. The first kappa shape index (κ1) is 46.5. The van der Waals surface area contributed by atoms with Crippen molar-refractivity contribution in [2.45, 2.75) is 84.0 Å². The van der Waals surface area contributed by atoms with Crippen molar-refractivity contribution in [1.82, 2.24) is 13.7 Å². The molecule has 3 aromatic heterocycles. The quantitative estimate of drug-likeness (QED) is 0.155. The largest absolute Gasteiger partial charge is 0.457 e. The van der Waals surface area contributed by atoms with E-state index in [0.717, 1.165) is 88.5 Å². The van der Waals surface area contributed by atoms with Crippen LogP contribution in [0.25, 0.3) is 105 Å². The standard InChI is InChI=1S/C97H77BN4O/c1-94(2,3)62-44-48-72-73-49-45-63(95(4,5)6)55-87(73)100(86(72)54-62)66-47-51-81-88(58-66)102(93-74(60-28-12-10-13-29-60)52-64(96(7,8)9)53-75(93)61-30-14-11-15-31-61)89-59-67(101-84-40-24-18-34-70(84)71-35-19-25-41-85(71)101)57-79-92(89)98(81)80-50-46-65(99-82-38-22-16-32-68(82)69-33-17-23-39-83(69)99)56-78(80)97(79)76-36-20-26-42-90(76)103-91-43-27-21-37-77(91)97/h10-59H,1-9H3/i16D,17D,18D,19D,22D,23D,24D,25D,32D,33D,34D,35D,38D,39D,40D,41D. The second kappa shape index (κ2) is 22.1. The zero-order chi connectivity index (χ0) is 83.5. The van der Waals surface area contributed by atoms with Crippen molar-refractivity contribution in [3.05, 3.63) is 342 Å². The van der Waals surface area contributed by atoms with Crippen molar-refractivity contribution in [2.24, 2.45) is 0 Å².